The summed E-state index contributed by atoms with van der Waals surface area (Å²) in [4.78, 5) is 4.27. The Hall–Kier alpha value is -1.58. The number of ether oxygens (including phenoxy) is 1. The molecule has 1 N–H and O–H groups in total. The van der Waals surface area contributed by atoms with Crippen LogP contribution in [0.3, 0.4) is 0 Å². The van der Waals surface area contributed by atoms with Crippen molar-refractivity contribution in [3.8, 4) is 0 Å². The van der Waals surface area contributed by atoms with Crippen LogP contribution < -0.4 is 5.32 Å². The van der Waals surface area contributed by atoms with E-state index in [0.29, 0.717) is 13.2 Å². The van der Waals surface area contributed by atoms with Crippen molar-refractivity contribution in [2.75, 3.05) is 11.9 Å². The SMILES string of the molecule is CCCNc1cc(COCc2ccccc2Cl)ccn1. The number of aromatic nitrogens is 1. The van der Waals surface area contributed by atoms with Crippen LogP contribution in [0.1, 0.15) is 24.5 Å². The van der Waals surface area contributed by atoms with Gasteiger partial charge in [0.05, 0.1) is 13.2 Å². The number of benzene rings is 1. The summed E-state index contributed by atoms with van der Waals surface area (Å²) in [6, 6.07) is 11.7. The lowest BCUT2D eigenvalue weighted by Gasteiger charge is -2.08. The maximum Gasteiger partial charge on any atom is 0.126 e. The van der Waals surface area contributed by atoms with Crippen molar-refractivity contribution in [2.24, 2.45) is 0 Å². The second kappa shape index (κ2) is 7.88. The Kier molecular flexibility index (Phi) is 5.84. The molecule has 0 aliphatic rings. The van der Waals surface area contributed by atoms with Crippen molar-refractivity contribution in [1.82, 2.24) is 4.98 Å². The first-order chi connectivity index (χ1) is 9.79. The maximum absolute atomic E-state index is 6.09. The van der Waals surface area contributed by atoms with Crippen LogP contribution in [0.2, 0.25) is 5.02 Å². The Labute approximate surface area is 124 Å². The standard InChI is InChI=1S/C16H19ClN2O/c1-2-8-18-16-10-13(7-9-19-16)11-20-12-14-5-3-4-6-15(14)17/h3-7,9-10H,2,8,11-12H2,1H3,(H,18,19). The van der Waals surface area contributed by atoms with Crippen LogP contribution in [0.15, 0.2) is 42.6 Å². The quantitative estimate of drug-likeness (QED) is 0.827. The van der Waals surface area contributed by atoms with Crippen molar-refractivity contribution in [1.29, 1.82) is 0 Å². The number of hydrogen-bond acceptors (Lipinski definition) is 3. The third-order valence-electron chi connectivity index (χ3n) is 2.86. The van der Waals surface area contributed by atoms with Gasteiger partial charge in [0.1, 0.15) is 5.82 Å². The number of halogens is 1. The van der Waals surface area contributed by atoms with Gasteiger partial charge in [-0.05, 0) is 35.7 Å². The topological polar surface area (TPSA) is 34.1 Å². The Morgan fingerprint density at radius 3 is 2.85 bits per heavy atom. The van der Waals surface area contributed by atoms with Crippen molar-refractivity contribution < 1.29 is 4.74 Å². The molecular weight excluding hydrogens is 272 g/mol. The lowest BCUT2D eigenvalue weighted by Crippen LogP contribution is -2.02. The van der Waals surface area contributed by atoms with Crippen LogP contribution in [0.25, 0.3) is 0 Å². The highest BCUT2D eigenvalue weighted by molar-refractivity contribution is 6.31. The molecule has 0 radical (unpaired) electrons. The van der Waals surface area contributed by atoms with E-state index in [1.165, 1.54) is 0 Å². The lowest BCUT2D eigenvalue weighted by atomic mass is 10.2. The minimum absolute atomic E-state index is 0.514. The van der Waals surface area contributed by atoms with Crippen LogP contribution >= 0.6 is 11.6 Å². The highest BCUT2D eigenvalue weighted by Gasteiger charge is 2.01. The molecule has 106 valence electrons. The molecule has 0 atom stereocenters. The average molecular weight is 291 g/mol. The Bertz CT molecular complexity index is 546. The number of anilines is 1. The first-order valence-corrected chi connectivity index (χ1v) is 7.17. The zero-order chi connectivity index (χ0) is 14.2. The number of hydrogen-bond donors (Lipinski definition) is 1. The summed E-state index contributed by atoms with van der Waals surface area (Å²) in [6.07, 6.45) is 2.88. The largest absolute Gasteiger partial charge is 0.372 e. The van der Waals surface area contributed by atoms with Crippen LogP contribution in [-0.2, 0) is 18.0 Å². The second-order valence-corrected chi connectivity index (χ2v) is 4.97. The van der Waals surface area contributed by atoms with E-state index in [4.69, 9.17) is 16.3 Å². The molecule has 2 rings (SSSR count). The van der Waals surface area contributed by atoms with Gasteiger partial charge in [0.25, 0.3) is 0 Å². The van der Waals surface area contributed by atoms with Gasteiger partial charge in [0, 0.05) is 17.8 Å². The Morgan fingerprint density at radius 2 is 2.05 bits per heavy atom. The third-order valence-corrected chi connectivity index (χ3v) is 3.23. The molecule has 3 nitrogen and oxygen atoms in total. The van der Waals surface area contributed by atoms with Gasteiger partial charge in [-0.15, -0.1) is 0 Å². The van der Waals surface area contributed by atoms with E-state index >= 15 is 0 Å². The number of pyridine rings is 1. The van der Waals surface area contributed by atoms with E-state index in [1.54, 1.807) is 6.20 Å². The van der Waals surface area contributed by atoms with E-state index in [1.807, 2.05) is 36.4 Å². The smallest absolute Gasteiger partial charge is 0.126 e. The molecule has 0 saturated carbocycles. The summed E-state index contributed by atoms with van der Waals surface area (Å²) in [5.74, 6) is 0.894. The van der Waals surface area contributed by atoms with E-state index in [9.17, 15) is 0 Å². The number of nitrogens with zero attached hydrogens (tertiary/aromatic N) is 1. The number of rotatable bonds is 7. The molecule has 1 aromatic carbocycles. The van der Waals surface area contributed by atoms with Gasteiger partial charge in [-0.3, -0.25) is 0 Å². The first kappa shape index (κ1) is 14.8. The molecule has 1 heterocycles. The fraction of sp³-hybridized carbons (Fsp3) is 0.312. The summed E-state index contributed by atoms with van der Waals surface area (Å²) in [7, 11) is 0. The fourth-order valence-electron chi connectivity index (χ4n) is 1.81. The monoisotopic (exact) mass is 290 g/mol. The fourth-order valence-corrected chi connectivity index (χ4v) is 2.00. The predicted octanol–water partition coefficient (Wildman–Crippen LogP) is 4.27. The molecule has 0 fully saturated rings. The van der Waals surface area contributed by atoms with E-state index in [-0.39, 0.29) is 0 Å². The van der Waals surface area contributed by atoms with Crippen LogP contribution in [0.4, 0.5) is 5.82 Å². The zero-order valence-electron chi connectivity index (χ0n) is 11.6. The molecule has 4 heteroatoms. The molecule has 0 saturated heterocycles. The van der Waals surface area contributed by atoms with Gasteiger partial charge in [0.2, 0.25) is 0 Å². The summed E-state index contributed by atoms with van der Waals surface area (Å²) < 4.78 is 5.71. The van der Waals surface area contributed by atoms with Crippen LogP contribution in [-0.4, -0.2) is 11.5 Å². The predicted molar refractivity (Wildman–Crippen MR) is 83.0 cm³/mol. The molecule has 1 aromatic heterocycles. The minimum Gasteiger partial charge on any atom is -0.372 e. The molecular formula is C16H19ClN2O. The van der Waals surface area contributed by atoms with E-state index in [2.05, 4.69) is 17.2 Å². The second-order valence-electron chi connectivity index (χ2n) is 4.56. The van der Waals surface area contributed by atoms with Gasteiger partial charge in [0.15, 0.2) is 0 Å². The summed E-state index contributed by atoms with van der Waals surface area (Å²) in [6.45, 7) is 4.12. The van der Waals surface area contributed by atoms with Crippen molar-refractivity contribution in [3.05, 3.63) is 58.7 Å². The molecule has 0 bridgehead atoms. The molecule has 0 spiro atoms. The van der Waals surface area contributed by atoms with Gasteiger partial charge in [-0.1, -0.05) is 36.7 Å². The van der Waals surface area contributed by atoms with Crippen molar-refractivity contribution in [2.45, 2.75) is 26.6 Å². The molecule has 2 aromatic rings. The normalized spacial score (nSPS) is 10.5. The number of nitrogens with one attached hydrogen (secondary N) is 1. The van der Waals surface area contributed by atoms with Gasteiger partial charge >= 0.3 is 0 Å². The molecule has 20 heavy (non-hydrogen) atoms. The first-order valence-electron chi connectivity index (χ1n) is 6.79. The van der Waals surface area contributed by atoms with Crippen molar-refractivity contribution in [3.63, 3.8) is 0 Å². The molecule has 0 unspecified atom stereocenters. The van der Waals surface area contributed by atoms with Crippen molar-refractivity contribution >= 4 is 17.4 Å². The van der Waals surface area contributed by atoms with E-state index in [0.717, 1.165) is 34.9 Å². The summed E-state index contributed by atoms with van der Waals surface area (Å²) in [5, 5.41) is 4.01. The van der Waals surface area contributed by atoms with Crippen LogP contribution in [0, 0.1) is 0 Å². The summed E-state index contributed by atoms with van der Waals surface area (Å²) in [5.41, 5.74) is 2.11. The highest BCUT2D eigenvalue weighted by Crippen LogP contribution is 2.16. The Balaban J connectivity index is 1.86. The third kappa shape index (κ3) is 4.51. The van der Waals surface area contributed by atoms with E-state index < -0.39 is 0 Å². The molecule has 0 aliphatic heterocycles. The van der Waals surface area contributed by atoms with Crippen LogP contribution in [0.5, 0.6) is 0 Å². The average Bonchev–Trinajstić information content (AvgIpc) is 2.48. The molecule has 0 amide bonds. The summed E-state index contributed by atoms with van der Waals surface area (Å²) >= 11 is 6.09. The highest BCUT2D eigenvalue weighted by atomic mass is 35.5. The Morgan fingerprint density at radius 1 is 1.20 bits per heavy atom. The van der Waals surface area contributed by atoms with Gasteiger partial charge in [-0.2, -0.15) is 0 Å². The molecule has 0 aliphatic carbocycles. The lowest BCUT2D eigenvalue weighted by molar-refractivity contribution is 0.107. The maximum atomic E-state index is 6.09. The van der Waals surface area contributed by atoms with Gasteiger partial charge < -0.3 is 10.1 Å². The zero-order valence-corrected chi connectivity index (χ0v) is 12.4. The minimum atomic E-state index is 0.514. The van der Waals surface area contributed by atoms with Gasteiger partial charge in [-0.25, -0.2) is 4.98 Å².